The van der Waals surface area contributed by atoms with Gasteiger partial charge >= 0.3 is 0 Å². The number of hydrogen-bond acceptors (Lipinski definition) is 4. The SMILES string of the molecule is CNC(=O)c1ccc(NC(=O)c2[nH]ncc2N)cc1. The van der Waals surface area contributed by atoms with Crippen molar-refractivity contribution in [2.45, 2.75) is 0 Å². The van der Waals surface area contributed by atoms with Crippen LogP contribution >= 0.6 is 0 Å². The standard InChI is InChI=1S/C12H13N5O2/c1-14-11(18)7-2-4-8(5-3-7)16-12(19)10-9(13)6-15-17-10/h2-6H,13H2,1H3,(H,14,18)(H,15,17)(H,16,19). The Morgan fingerprint density at radius 2 is 1.89 bits per heavy atom. The van der Waals surface area contributed by atoms with Crippen molar-refractivity contribution in [1.82, 2.24) is 15.5 Å². The van der Waals surface area contributed by atoms with Gasteiger partial charge in [0.15, 0.2) is 0 Å². The Morgan fingerprint density at radius 1 is 1.21 bits per heavy atom. The molecule has 0 saturated heterocycles. The van der Waals surface area contributed by atoms with E-state index in [2.05, 4.69) is 20.8 Å². The zero-order chi connectivity index (χ0) is 13.8. The molecule has 98 valence electrons. The first-order valence-electron chi connectivity index (χ1n) is 5.54. The largest absolute Gasteiger partial charge is 0.396 e. The predicted octanol–water partition coefficient (Wildman–Crippen LogP) is 0.604. The highest BCUT2D eigenvalue weighted by Crippen LogP contribution is 2.13. The van der Waals surface area contributed by atoms with Gasteiger partial charge in [-0.2, -0.15) is 5.10 Å². The van der Waals surface area contributed by atoms with Gasteiger partial charge in [-0.15, -0.1) is 0 Å². The number of nitrogens with zero attached hydrogens (tertiary/aromatic N) is 1. The zero-order valence-electron chi connectivity index (χ0n) is 10.2. The summed E-state index contributed by atoms with van der Waals surface area (Å²) in [5.41, 5.74) is 7.13. The fourth-order valence-corrected chi connectivity index (χ4v) is 1.52. The molecule has 2 rings (SSSR count). The summed E-state index contributed by atoms with van der Waals surface area (Å²) in [5, 5.41) is 11.3. The van der Waals surface area contributed by atoms with Gasteiger partial charge in [0.1, 0.15) is 5.69 Å². The summed E-state index contributed by atoms with van der Waals surface area (Å²) in [4.78, 5) is 23.2. The second-order valence-corrected chi connectivity index (χ2v) is 3.81. The third-order valence-corrected chi connectivity index (χ3v) is 2.53. The molecule has 0 bridgehead atoms. The van der Waals surface area contributed by atoms with Crippen LogP contribution in [0.5, 0.6) is 0 Å². The van der Waals surface area contributed by atoms with Gasteiger partial charge in [-0.3, -0.25) is 14.7 Å². The van der Waals surface area contributed by atoms with E-state index in [1.54, 1.807) is 31.3 Å². The van der Waals surface area contributed by atoms with Crippen LogP contribution in [0.25, 0.3) is 0 Å². The number of amides is 2. The average Bonchev–Trinajstić information content (AvgIpc) is 2.85. The van der Waals surface area contributed by atoms with Gasteiger partial charge < -0.3 is 16.4 Å². The Hall–Kier alpha value is -2.83. The Labute approximate surface area is 109 Å². The summed E-state index contributed by atoms with van der Waals surface area (Å²) < 4.78 is 0. The van der Waals surface area contributed by atoms with Crippen molar-refractivity contribution in [1.29, 1.82) is 0 Å². The molecule has 0 aliphatic carbocycles. The number of H-pyrrole nitrogens is 1. The zero-order valence-corrected chi connectivity index (χ0v) is 10.2. The van der Waals surface area contributed by atoms with Crippen LogP contribution in [0.1, 0.15) is 20.8 Å². The molecule has 5 N–H and O–H groups in total. The number of nitrogens with one attached hydrogen (secondary N) is 3. The molecule has 7 nitrogen and oxygen atoms in total. The van der Waals surface area contributed by atoms with Crippen LogP contribution < -0.4 is 16.4 Å². The van der Waals surface area contributed by atoms with E-state index in [4.69, 9.17) is 5.73 Å². The molecule has 0 fully saturated rings. The lowest BCUT2D eigenvalue weighted by atomic mass is 10.2. The topological polar surface area (TPSA) is 113 Å². The van der Waals surface area contributed by atoms with Crippen LogP contribution in [0.3, 0.4) is 0 Å². The Bertz CT molecular complexity index is 603. The Balaban J connectivity index is 2.10. The molecule has 0 aliphatic rings. The fraction of sp³-hybridized carbons (Fsp3) is 0.0833. The maximum atomic E-state index is 11.8. The highest BCUT2D eigenvalue weighted by atomic mass is 16.2. The van der Waals surface area contributed by atoms with Crippen molar-refractivity contribution in [3.63, 3.8) is 0 Å². The molecule has 0 atom stereocenters. The third-order valence-electron chi connectivity index (χ3n) is 2.53. The van der Waals surface area contributed by atoms with Crippen LogP contribution in [-0.2, 0) is 0 Å². The van der Waals surface area contributed by atoms with E-state index in [-0.39, 0.29) is 23.2 Å². The number of hydrogen-bond donors (Lipinski definition) is 4. The number of carbonyl (C=O) groups excluding carboxylic acids is 2. The maximum Gasteiger partial charge on any atom is 0.275 e. The van der Waals surface area contributed by atoms with Gasteiger partial charge in [-0.05, 0) is 24.3 Å². The van der Waals surface area contributed by atoms with Crippen LogP contribution in [0.2, 0.25) is 0 Å². The summed E-state index contributed by atoms with van der Waals surface area (Å²) in [6.45, 7) is 0. The quantitative estimate of drug-likeness (QED) is 0.646. The van der Waals surface area contributed by atoms with Gasteiger partial charge in [-0.25, -0.2) is 0 Å². The van der Waals surface area contributed by atoms with Gasteiger partial charge in [0, 0.05) is 18.3 Å². The molecule has 0 radical (unpaired) electrons. The Morgan fingerprint density at radius 3 is 2.42 bits per heavy atom. The molecule has 2 amide bonds. The highest BCUT2D eigenvalue weighted by molar-refractivity contribution is 6.06. The third kappa shape index (κ3) is 2.71. The summed E-state index contributed by atoms with van der Waals surface area (Å²) >= 11 is 0. The van der Waals surface area contributed by atoms with Gasteiger partial charge in [-0.1, -0.05) is 0 Å². The minimum absolute atomic E-state index is 0.185. The number of benzene rings is 1. The molecule has 0 aliphatic heterocycles. The minimum atomic E-state index is -0.386. The summed E-state index contributed by atoms with van der Waals surface area (Å²) in [6.07, 6.45) is 1.36. The second kappa shape index (κ2) is 5.21. The number of anilines is 2. The van der Waals surface area contributed by atoms with Crippen molar-refractivity contribution >= 4 is 23.2 Å². The first-order valence-corrected chi connectivity index (χ1v) is 5.54. The Kier molecular flexibility index (Phi) is 3.46. The lowest BCUT2D eigenvalue weighted by Crippen LogP contribution is -2.18. The van der Waals surface area contributed by atoms with Crippen molar-refractivity contribution in [2.24, 2.45) is 0 Å². The monoisotopic (exact) mass is 259 g/mol. The van der Waals surface area contributed by atoms with E-state index in [1.165, 1.54) is 6.20 Å². The molecule has 2 aromatic rings. The number of aromatic amines is 1. The number of nitrogens with two attached hydrogens (primary N) is 1. The van der Waals surface area contributed by atoms with Crippen LogP contribution in [0, 0.1) is 0 Å². The molecule has 0 spiro atoms. The molecule has 1 heterocycles. The first kappa shape index (κ1) is 12.6. The van der Waals surface area contributed by atoms with Crippen LogP contribution in [0.15, 0.2) is 30.5 Å². The van der Waals surface area contributed by atoms with Gasteiger partial charge in [0.25, 0.3) is 11.8 Å². The van der Waals surface area contributed by atoms with E-state index in [1.807, 2.05) is 0 Å². The summed E-state index contributed by atoms with van der Waals surface area (Å²) in [6, 6.07) is 6.50. The number of nitrogen functional groups attached to an aromatic ring is 1. The van der Waals surface area contributed by atoms with E-state index < -0.39 is 0 Å². The molecule has 0 unspecified atom stereocenters. The molecular formula is C12H13N5O2. The van der Waals surface area contributed by atoms with Crippen molar-refractivity contribution in [3.05, 3.63) is 41.7 Å². The van der Waals surface area contributed by atoms with Crippen molar-refractivity contribution < 1.29 is 9.59 Å². The van der Waals surface area contributed by atoms with Crippen LogP contribution in [-0.4, -0.2) is 29.1 Å². The van der Waals surface area contributed by atoms with E-state index in [0.29, 0.717) is 11.3 Å². The second-order valence-electron chi connectivity index (χ2n) is 3.81. The normalized spacial score (nSPS) is 9.95. The summed E-state index contributed by atoms with van der Waals surface area (Å²) in [7, 11) is 1.55. The molecule has 7 heteroatoms. The number of aromatic nitrogens is 2. The van der Waals surface area contributed by atoms with Gasteiger partial charge in [0.2, 0.25) is 0 Å². The highest BCUT2D eigenvalue weighted by Gasteiger charge is 2.12. The lowest BCUT2D eigenvalue weighted by molar-refractivity contribution is 0.0962. The number of rotatable bonds is 3. The smallest absolute Gasteiger partial charge is 0.275 e. The summed E-state index contributed by atoms with van der Waals surface area (Å²) in [5.74, 6) is -0.571. The molecular weight excluding hydrogens is 246 g/mol. The lowest BCUT2D eigenvalue weighted by Gasteiger charge is -2.05. The predicted molar refractivity (Wildman–Crippen MR) is 70.8 cm³/mol. The molecule has 0 saturated carbocycles. The molecule has 19 heavy (non-hydrogen) atoms. The maximum absolute atomic E-state index is 11.8. The average molecular weight is 259 g/mol. The first-order chi connectivity index (χ1) is 9.11. The van der Waals surface area contributed by atoms with Crippen molar-refractivity contribution in [3.8, 4) is 0 Å². The molecule has 1 aromatic carbocycles. The number of carbonyl (C=O) groups is 2. The van der Waals surface area contributed by atoms with Crippen LogP contribution in [0.4, 0.5) is 11.4 Å². The van der Waals surface area contributed by atoms with Crippen molar-refractivity contribution in [2.75, 3.05) is 18.1 Å². The fourth-order valence-electron chi connectivity index (χ4n) is 1.52. The van der Waals surface area contributed by atoms with E-state index >= 15 is 0 Å². The minimum Gasteiger partial charge on any atom is -0.396 e. The van der Waals surface area contributed by atoms with E-state index in [0.717, 1.165) is 0 Å². The molecule has 1 aromatic heterocycles. The van der Waals surface area contributed by atoms with Gasteiger partial charge in [0.05, 0.1) is 11.9 Å². The van der Waals surface area contributed by atoms with E-state index in [9.17, 15) is 9.59 Å².